The minimum Gasteiger partial charge on any atom is -0.492 e. The van der Waals surface area contributed by atoms with E-state index in [1.54, 1.807) is 13.8 Å². The fraction of sp³-hybridized carbons (Fsp3) is 0.267. The van der Waals surface area contributed by atoms with Crippen molar-refractivity contribution in [3.8, 4) is 11.4 Å². The van der Waals surface area contributed by atoms with Crippen molar-refractivity contribution in [3.63, 3.8) is 0 Å². The van der Waals surface area contributed by atoms with E-state index in [9.17, 15) is 44.3 Å². The third kappa shape index (κ3) is 8.41. The zero-order valence-electron chi connectivity index (χ0n) is 25.6. The Kier molecular flexibility index (Phi) is 10.1. The molecule has 3 aromatic carbocycles. The maximum atomic E-state index is 13.6. The van der Waals surface area contributed by atoms with Crippen LogP contribution in [-0.2, 0) is 10.0 Å². The van der Waals surface area contributed by atoms with E-state index in [0.29, 0.717) is 24.0 Å². The number of halogens is 6. The molecule has 0 saturated heterocycles. The highest BCUT2D eigenvalue weighted by atomic mass is 32.2. The molecular formula is C30H28F6N6O5S. The summed E-state index contributed by atoms with van der Waals surface area (Å²) in [6.45, 7) is 3.43. The van der Waals surface area contributed by atoms with Gasteiger partial charge in [-0.15, -0.1) is 5.10 Å². The summed E-state index contributed by atoms with van der Waals surface area (Å²) in [4.78, 5) is 26.2. The van der Waals surface area contributed by atoms with Crippen LogP contribution in [-0.4, -0.2) is 60.9 Å². The van der Waals surface area contributed by atoms with Crippen molar-refractivity contribution in [3.05, 3.63) is 94.8 Å². The van der Waals surface area contributed by atoms with Crippen LogP contribution in [0.5, 0.6) is 5.75 Å². The zero-order chi connectivity index (χ0) is 35.6. The molecule has 2 amide bonds. The highest BCUT2D eigenvalue weighted by Crippen LogP contribution is 2.49. The molecule has 0 aliphatic rings. The lowest BCUT2D eigenvalue weighted by molar-refractivity contribution is -0.253. The Balaban J connectivity index is 1.68. The van der Waals surface area contributed by atoms with Crippen LogP contribution in [0.3, 0.4) is 0 Å². The molecule has 0 spiro atoms. The molecule has 1 aromatic heterocycles. The number of amides is 2. The van der Waals surface area contributed by atoms with E-state index < -0.39 is 62.8 Å². The van der Waals surface area contributed by atoms with Crippen molar-refractivity contribution in [2.24, 2.45) is 0 Å². The van der Waals surface area contributed by atoms with E-state index in [2.05, 4.69) is 20.9 Å². The Bertz CT molecular complexity index is 1920. The van der Waals surface area contributed by atoms with Crippen molar-refractivity contribution >= 4 is 33.2 Å². The van der Waals surface area contributed by atoms with E-state index in [-0.39, 0.29) is 23.0 Å². The van der Waals surface area contributed by atoms with Gasteiger partial charge in [0.2, 0.25) is 10.0 Å². The third-order valence-electron chi connectivity index (χ3n) is 6.94. The largest absolute Gasteiger partial charge is 0.492 e. The number of aryl methyl sites for hydroxylation is 1. The van der Waals surface area contributed by atoms with Gasteiger partial charge in [0.1, 0.15) is 0 Å². The molecule has 0 aliphatic carbocycles. The first-order chi connectivity index (χ1) is 22.3. The van der Waals surface area contributed by atoms with Gasteiger partial charge in [-0.1, -0.05) is 41.6 Å². The highest BCUT2D eigenvalue weighted by Gasteiger charge is 2.57. The van der Waals surface area contributed by atoms with Crippen LogP contribution in [0.25, 0.3) is 5.69 Å². The fourth-order valence-corrected chi connectivity index (χ4v) is 5.29. The van der Waals surface area contributed by atoms with Gasteiger partial charge >= 0.3 is 12.4 Å². The maximum absolute atomic E-state index is 13.6. The zero-order valence-corrected chi connectivity index (χ0v) is 26.4. The van der Waals surface area contributed by atoms with E-state index >= 15 is 0 Å². The Hall–Kier alpha value is -5.13. The first-order valence-corrected chi connectivity index (χ1v) is 15.7. The van der Waals surface area contributed by atoms with Gasteiger partial charge in [0, 0.05) is 5.56 Å². The summed E-state index contributed by atoms with van der Waals surface area (Å²) in [5.74, 6) is -6.12. The fourth-order valence-electron chi connectivity index (χ4n) is 4.74. The predicted octanol–water partition coefficient (Wildman–Crippen LogP) is 5.91. The van der Waals surface area contributed by atoms with E-state index in [0.717, 1.165) is 12.7 Å². The number of carbonyl (C=O) groups is 2. The van der Waals surface area contributed by atoms with Crippen LogP contribution in [0.15, 0.2) is 66.9 Å². The number of methoxy groups -OCH3 is 1. The van der Waals surface area contributed by atoms with Crippen molar-refractivity contribution < 1.29 is 49.1 Å². The number of alkyl halides is 6. The van der Waals surface area contributed by atoms with Crippen molar-refractivity contribution in [2.45, 2.75) is 38.2 Å². The molecule has 1 heterocycles. The van der Waals surface area contributed by atoms with Gasteiger partial charge < -0.3 is 15.4 Å². The number of anilines is 2. The van der Waals surface area contributed by atoms with Crippen molar-refractivity contribution in [1.29, 1.82) is 0 Å². The number of carbonyl (C=O) groups excluding carboxylic acids is 2. The molecule has 0 radical (unpaired) electrons. The second kappa shape index (κ2) is 13.5. The summed E-state index contributed by atoms with van der Waals surface area (Å²) in [7, 11) is -3.26. The molecule has 1 atom stereocenters. The number of benzene rings is 3. The average molecular weight is 699 g/mol. The van der Waals surface area contributed by atoms with Crippen LogP contribution < -0.4 is 20.1 Å². The predicted molar refractivity (Wildman–Crippen MR) is 163 cm³/mol. The molecule has 0 saturated carbocycles. The van der Waals surface area contributed by atoms with Gasteiger partial charge in [-0.3, -0.25) is 14.3 Å². The lowest BCUT2D eigenvalue weighted by Crippen LogP contribution is -2.34. The molecular weight excluding hydrogens is 670 g/mol. The Labute approximate surface area is 270 Å². The molecule has 0 aliphatic heterocycles. The third-order valence-corrected chi connectivity index (χ3v) is 7.53. The molecule has 256 valence electrons. The minimum absolute atomic E-state index is 0.0524. The minimum atomic E-state index is -5.82. The first kappa shape index (κ1) is 35.7. The average Bonchev–Trinajstić information content (AvgIpc) is 3.46. The van der Waals surface area contributed by atoms with Crippen LogP contribution in [0.4, 0.5) is 37.7 Å². The lowest BCUT2D eigenvalue weighted by Gasteiger charge is -2.25. The maximum Gasteiger partial charge on any atom is 0.404 e. The quantitative estimate of drug-likeness (QED) is 0.175. The first-order valence-electron chi connectivity index (χ1n) is 13.8. The van der Waals surface area contributed by atoms with Crippen LogP contribution in [0.2, 0.25) is 0 Å². The number of hydrogen-bond acceptors (Lipinski definition) is 7. The smallest absolute Gasteiger partial charge is 0.404 e. The standard InChI is InChI=1S/C30H28F6N6O5S/c1-16-10-11-19(14-24(16)42-15-23(39-41-42)28(44)37-17(2)18-8-6-5-7-9-18)27(43)38-21-12-20(26(29(31,32)33)30(34,35)36)13-22(25(21)47-3)40-48(4,45)46/h5-15,17,26,40H,1-4H3,(H,37,44)(H,38,43). The summed E-state index contributed by atoms with van der Waals surface area (Å²) in [5, 5.41) is 12.9. The normalized spacial score (nSPS) is 12.8. The number of aromatic nitrogens is 3. The van der Waals surface area contributed by atoms with Crippen LogP contribution in [0, 0.1) is 6.92 Å². The van der Waals surface area contributed by atoms with Gasteiger partial charge in [0.15, 0.2) is 17.4 Å². The van der Waals surface area contributed by atoms with Crippen molar-refractivity contribution in [1.82, 2.24) is 20.3 Å². The number of sulfonamides is 1. The SMILES string of the molecule is COc1c(NC(=O)c2ccc(C)c(-n3cc(C(=O)NC(C)c4ccccc4)nn3)c2)cc(C(C(F)(F)F)C(F)(F)F)cc1NS(C)(=O)=O. The number of ether oxygens (including phenoxy) is 1. The van der Waals surface area contributed by atoms with E-state index in [4.69, 9.17) is 4.74 Å². The summed E-state index contributed by atoms with van der Waals surface area (Å²) in [6, 6.07) is 13.6. The molecule has 11 nitrogen and oxygen atoms in total. The van der Waals surface area contributed by atoms with Gasteiger partial charge in [-0.05, 0) is 54.8 Å². The molecule has 48 heavy (non-hydrogen) atoms. The Morgan fingerprint density at radius 2 is 1.52 bits per heavy atom. The van der Waals surface area contributed by atoms with Gasteiger partial charge in [0.25, 0.3) is 11.8 Å². The lowest BCUT2D eigenvalue weighted by atomic mass is 9.96. The van der Waals surface area contributed by atoms with Gasteiger partial charge in [-0.25, -0.2) is 13.1 Å². The van der Waals surface area contributed by atoms with Crippen molar-refractivity contribution in [2.75, 3.05) is 23.4 Å². The second-order valence-corrected chi connectivity index (χ2v) is 12.4. The highest BCUT2D eigenvalue weighted by molar-refractivity contribution is 7.92. The molecule has 4 aromatic rings. The summed E-state index contributed by atoms with van der Waals surface area (Å²) < 4.78 is 114. The summed E-state index contributed by atoms with van der Waals surface area (Å²) >= 11 is 0. The summed E-state index contributed by atoms with van der Waals surface area (Å²) in [6.07, 6.45) is -9.72. The number of hydrogen-bond donors (Lipinski definition) is 3. The van der Waals surface area contributed by atoms with Gasteiger partial charge in [0.05, 0.1) is 42.7 Å². The number of rotatable bonds is 10. The molecule has 1 unspecified atom stereocenters. The monoisotopic (exact) mass is 698 g/mol. The van der Waals surface area contributed by atoms with E-state index in [1.165, 1.54) is 29.1 Å². The molecule has 3 N–H and O–H groups in total. The molecule has 0 fully saturated rings. The Morgan fingerprint density at radius 3 is 2.10 bits per heavy atom. The Morgan fingerprint density at radius 1 is 0.896 bits per heavy atom. The van der Waals surface area contributed by atoms with Crippen LogP contribution in [0.1, 0.15) is 56.4 Å². The molecule has 0 bridgehead atoms. The second-order valence-electron chi connectivity index (χ2n) is 10.6. The number of nitrogens with zero attached hydrogens (tertiary/aromatic N) is 3. The summed E-state index contributed by atoms with van der Waals surface area (Å²) in [5.41, 5.74) is -1.38. The van der Waals surface area contributed by atoms with E-state index in [1.807, 2.05) is 35.1 Å². The van der Waals surface area contributed by atoms with Crippen LogP contribution >= 0.6 is 0 Å². The molecule has 18 heteroatoms. The van der Waals surface area contributed by atoms with Gasteiger partial charge in [-0.2, -0.15) is 26.3 Å². The number of nitrogens with one attached hydrogen (secondary N) is 3. The topological polar surface area (TPSA) is 144 Å². The molecule has 4 rings (SSSR count).